The predicted octanol–water partition coefficient (Wildman–Crippen LogP) is 2.81. The van der Waals surface area contributed by atoms with Crippen LogP contribution >= 0.6 is 0 Å². The van der Waals surface area contributed by atoms with E-state index in [1.54, 1.807) is 12.1 Å². The molecule has 2 aromatic heterocycles. The highest BCUT2D eigenvalue weighted by Crippen LogP contribution is 2.22. The Labute approximate surface area is 181 Å². The van der Waals surface area contributed by atoms with Gasteiger partial charge in [0.25, 0.3) is 5.91 Å². The highest BCUT2D eigenvalue weighted by atomic mass is 16.3. The second-order valence-corrected chi connectivity index (χ2v) is 8.62. The average Bonchev–Trinajstić information content (AvgIpc) is 3.27. The fraction of sp³-hybridized carbons (Fsp3) is 0.409. The zero-order valence-corrected chi connectivity index (χ0v) is 18.8. The molecule has 0 saturated carbocycles. The Balaban J connectivity index is 1.83. The first-order chi connectivity index (χ1) is 14.5. The summed E-state index contributed by atoms with van der Waals surface area (Å²) in [6.45, 7) is 11.1. The number of furan rings is 1. The number of rotatable bonds is 6. The van der Waals surface area contributed by atoms with E-state index < -0.39 is 5.54 Å². The Morgan fingerprint density at radius 1 is 1.13 bits per heavy atom. The first kappa shape index (κ1) is 22.2. The molecule has 0 aliphatic heterocycles. The summed E-state index contributed by atoms with van der Waals surface area (Å²) in [6, 6.07) is 9.28. The van der Waals surface area contributed by atoms with Crippen LogP contribution in [0, 0.1) is 20.8 Å². The van der Waals surface area contributed by atoms with E-state index in [-0.39, 0.29) is 24.9 Å². The van der Waals surface area contributed by atoms with Crippen LogP contribution in [0.1, 0.15) is 37.7 Å². The monoisotopic (exact) mass is 424 g/mol. The average molecular weight is 425 g/mol. The number of carbonyl (C=O) groups is 2. The second-order valence-electron chi connectivity index (χ2n) is 8.62. The number of nitrogens with one attached hydrogen (secondary N) is 1. The van der Waals surface area contributed by atoms with Gasteiger partial charge in [-0.15, -0.1) is 10.2 Å². The van der Waals surface area contributed by atoms with Crippen molar-refractivity contribution in [3.05, 3.63) is 47.2 Å². The number of aromatic nitrogens is 4. The third-order valence-corrected chi connectivity index (χ3v) is 4.45. The van der Waals surface area contributed by atoms with Crippen molar-refractivity contribution < 1.29 is 14.0 Å². The van der Waals surface area contributed by atoms with Gasteiger partial charge in [-0.1, -0.05) is 17.7 Å². The van der Waals surface area contributed by atoms with E-state index >= 15 is 0 Å². The Kier molecular flexibility index (Phi) is 6.24. The zero-order valence-electron chi connectivity index (χ0n) is 18.8. The van der Waals surface area contributed by atoms with Crippen LogP contribution in [-0.2, 0) is 16.1 Å². The lowest BCUT2D eigenvalue weighted by atomic mass is 10.1. The number of hydrogen-bond acceptors (Lipinski definition) is 6. The van der Waals surface area contributed by atoms with Crippen LogP contribution in [-0.4, -0.2) is 44.1 Å². The molecule has 3 rings (SSSR count). The minimum Gasteiger partial charge on any atom is -0.458 e. The summed E-state index contributed by atoms with van der Waals surface area (Å²) < 4.78 is 5.50. The Morgan fingerprint density at radius 2 is 1.87 bits per heavy atom. The van der Waals surface area contributed by atoms with E-state index in [4.69, 9.17) is 4.42 Å². The number of aryl methyl sites for hydroxylation is 3. The summed E-state index contributed by atoms with van der Waals surface area (Å²) in [5.41, 5.74) is 2.23. The molecular weight excluding hydrogens is 396 g/mol. The normalized spacial score (nSPS) is 11.4. The molecule has 2 heterocycles. The van der Waals surface area contributed by atoms with Crippen molar-refractivity contribution >= 4 is 17.5 Å². The molecule has 9 nitrogen and oxygen atoms in total. The number of nitrogens with zero attached hydrogens (tertiary/aromatic N) is 5. The van der Waals surface area contributed by atoms with Gasteiger partial charge in [0.05, 0.1) is 0 Å². The highest BCUT2D eigenvalue weighted by molar-refractivity contribution is 5.99. The quantitative estimate of drug-likeness (QED) is 0.652. The molecular formula is C22H28N6O3. The predicted molar refractivity (Wildman–Crippen MR) is 116 cm³/mol. The van der Waals surface area contributed by atoms with Crippen molar-refractivity contribution in [2.75, 3.05) is 11.4 Å². The number of tetrazole rings is 1. The van der Waals surface area contributed by atoms with Gasteiger partial charge in [-0.25, -0.2) is 0 Å². The third kappa shape index (κ3) is 5.78. The molecule has 0 bridgehead atoms. The van der Waals surface area contributed by atoms with Crippen LogP contribution in [0.25, 0.3) is 11.6 Å². The maximum absolute atomic E-state index is 13.2. The molecule has 164 valence electrons. The van der Waals surface area contributed by atoms with Crippen molar-refractivity contribution in [3.8, 4) is 11.6 Å². The Hall–Kier alpha value is -3.49. The lowest BCUT2D eigenvalue weighted by Gasteiger charge is -2.27. The number of benzene rings is 1. The number of anilines is 1. The summed E-state index contributed by atoms with van der Waals surface area (Å²) >= 11 is 0. The molecule has 0 spiro atoms. The largest absolute Gasteiger partial charge is 0.458 e. The van der Waals surface area contributed by atoms with Crippen molar-refractivity contribution in [2.45, 2.75) is 53.6 Å². The first-order valence-corrected chi connectivity index (χ1v) is 10.0. The zero-order chi connectivity index (χ0) is 22.8. The first-order valence-electron chi connectivity index (χ1n) is 10.0. The molecule has 9 heteroatoms. The van der Waals surface area contributed by atoms with Gasteiger partial charge in [0.1, 0.15) is 18.8 Å². The van der Waals surface area contributed by atoms with Gasteiger partial charge in [-0.3, -0.25) is 9.59 Å². The number of carbonyl (C=O) groups excluding carboxylic acids is 2. The van der Waals surface area contributed by atoms with E-state index in [2.05, 4.69) is 20.7 Å². The van der Waals surface area contributed by atoms with Gasteiger partial charge in [0.15, 0.2) is 5.76 Å². The molecule has 2 amide bonds. The molecule has 31 heavy (non-hydrogen) atoms. The summed E-state index contributed by atoms with van der Waals surface area (Å²) in [6.07, 6.45) is 0. The fourth-order valence-corrected chi connectivity index (χ4v) is 3.19. The van der Waals surface area contributed by atoms with Gasteiger partial charge in [-0.2, -0.15) is 4.80 Å². The van der Waals surface area contributed by atoms with Crippen molar-refractivity contribution in [3.63, 3.8) is 0 Å². The summed E-state index contributed by atoms with van der Waals surface area (Å²) in [7, 11) is 0. The van der Waals surface area contributed by atoms with Crippen LogP contribution < -0.4 is 10.2 Å². The van der Waals surface area contributed by atoms with Gasteiger partial charge in [0.2, 0.25) is 11.7 Å². The fourth-order valence-electron chi connectivity index (χ4n) is 3.19. The molecule has 0 atom stereocenters. The molecule has 3 aromatic rings. The molecule has 0 aliphatic rings. The number of hydrogen-bond donors (Lipinski definition) is 1. The van der Waals surface area contributed by atoms with E-state index in [0.29, 0.717) is 17.3 Å². The summed E-state index contributed by atoms with van der Waals surface area (Å²) in [4.78, 5) is 28.5. The van der Waals surface area contributed by atoms with Crippen molar-refractivity contribution in [2.24, 2.45) is 0 Å². The van der Waals surface area contributed by atoms with Gasteiger partial charge >= 0.3 is 0 Å². The second kappa shape index (κ2) is 8.71. The lowest BCUT2D eigenvalue weighted by molar-refractivity contribution is -0.125. The molecule has 0 radical (unpaired) electrons. The van der Waals surface area contributed by atoms with Crippen LogP contribution in [0.2, 0.25) is 0 Å². The van der Waals surface area contributed by atoms with Crippen LogP contribution in [0.5, 0.6) is 0 Å². The van der Waals surface area contributed by atoms with Crippen LogP contribution in [0.15, 0.2) is 34.7 Å². The molecule has 1 N–H and O–H groups in total. The summed E-state index contributed by atoms with van der Waals surface area (Å²) in [5, 5.41) is 15.1. The Bertz CT molecular complexity index is 1090. The molecule has 0 fully saturated rings. The van der Waals surface area contributed by atoms with Crippen molar-refractivity contribution in [1.29, 1.82) is 0 Å². The SMILES string of the molecule is Cc1ccc(N(CC(=O)NC(C)(C)C)C(=O)Cn2nnc(-c3ccc(C)o3)n2)c(C)c1. The maximum Gasteiger partial charge on any atom is 0.251 e. The third-order valence-electron chi connectivity index (χ3n) is 4.45. The minimum atomic E-state index is -0.405. The summed E-state index contributed by atoms with van der Waals surface area (Å²) in [5.74, 6) is 0.930. The Morgan fingerprint density at radius 3 is 2.48 bits per heavy atom. The van der Waals surface area contributed by atoms with E-state index in [0.717, 1.165) is 16.9 Å². The van der Waals surface area contributed by atoms with Gasteiger partial charge in [0, 0.05) is 11.2 Å². The maximum atomic E-state index is 13.2. The standard InChI is InChI=1S/C22H28N6O3/c1-14-7-9-17(15(2)11-14)27(12-19(29)23-22(4,5)6)20(30)13-28-25-21(24-26-28)18-10-8-16(3)31-18/h7-11H,12-13H2,1-6H3,(H,23,29). The van der Waals surface area contributed by atoms with Crippen LogP contribution in [0.3, 0.4) is 0 Å². The van der Waals surface area contributed by atoms with E-state index in [9.17, 15) is 9.59 Å². The van der Waals surface area contributed by atoms with Crippen LogP contribution in [0.4, 0.5) is 5.69 Å². The molecule has 0 unspecified atom stereocenters. The smallest absolute Gasteiger partial charge is 0.251 e. The lowest BCUT2D eigenvalue weighted by Crippen LogP contribution is -2.48. The molecule has 0 aliphatic carbocycles. The number of amides is 2. The molecule has 1 aromatic carbocycles. The molecule has 0 saturated heterocycles. The van der Waals surface area contributed by atoms with Gasteiger partial charge in [-0.05, 0) is 70.5 Å². The van der Waals surface area contributed by atoms with Crippen molar-refractivity contribution in [1.82, 2.24) is 25.5 Å². The van der Waals surface area contributed by atoms with Gasteiger partial charge < -0.3 is 14.6 Å². The van der Waals surface area contributed by atoms with E-state index in [1.807, 2.05) is 59.7 Å². The topological polar surface area (TPSA) is 106 Å². The van der Waals surface area contributed by atoms with E-state index in [1.165, 1.54) is 9.70 Å². The highest BCUT2D eigenvalue weighted by Gasteiger charge is 2.24. The minimum absolute atomic E-state index is 0.112.